The summed E-state index contributed by atoms with van der Waals surface area (Å²) in [4.78, 5) is 2.06. The summed E-state index contributed by atoms with van der Waals surface area (Å²) in [7, 11) is 1.94. The average Bonchev–Trinajstić information content (AvgIpc) is 2.51. The highest BCUT2D eigenvalue weighted by Crippen LogP contribution is 2.43. The van der Waals surface area contributed by atoms with Gasteiger partial charge in [-0.1, -0.05) is 30.3 Å². The minimum absolute atomic E-state index is 0.336. The molecular weight excluding hydrogens is 284 g/mol. The van der Waals surface area contributed by atoms with Crippen LogP contribution in [-0.2, 0) is 5.60 Å². The first kappa shape index (κ1) is 15.1. The number of nitrogens with zero attached hydrogens (tertiary/aromatic N) is 1. The normalized spacial score (nSPS) is 26.1. The van der Waals surface area contributed by atoms with E-state index in [-0.39, 0.29) is 5.82 Å². The monoisotopic (exact) mass is 303 g/mol. The number of rotatable bonds is 2. The van der Waals surface area contributed by atoms with Crippen LogP contribution in [0.4, 0.5) is 8.78 Å². The molecule has 2 nitrogen and oxygen atoms in total. The van der Waals surface area contributed by atoms with Gasteiger partial charge in [0.05, 0.1) is 5.60 Å². The van der Waals surface area contributed by atoms with Crippen LogP contribution in [0.25, 0.3) is 0 Å². The van der Waals surface area contributed by atoms with Gasteiger partial charge in [-0.25, -0.2) is 8.78 Å². The average molecular weight is 303 g/mol. The van der Waals surface area contributed by atoms with E-state index < -0.39 is 17.3 Å². The second-order valence-electron chi connectivity index (χ2n) is 6.02. The van der Waals surface area contributed by atoms with Crippen molar-refractivity contribution in [1.29, 1.82) is 0 Å². The van der Waals surface area contributed by atoms with E-state index in [1.54, 1.807) is 30.3 Å². The van der Waals surface area contributed by atoms with Crippen LogP contribution in [-0.4, -0.2) is 30.1 Å². The van der Waals surface area contributed by atoms with Crippen molar-refractivity contribution in [3.63, 3.8) is 0 Å². The van der Waals surface area contributed by atoms with Gasteiger partial charge in [0.2, 0.25) is 0 Å². The van der Waals surface area contributed by atoms with Crippen molar-refractivity contribution in [3.05, 3.63) is 71.3 Å². The zero-order valence-corrected chi connectivity index (χ0v) is 12.5. The third kappa shape index (κ3) is 2.64. The molecule has 0 unspecified atom stereocenters. The van der Waals surface area contributed by atoms with Crippen LogP contribution in [0.15, 0.2) is 48.5 Å². The molecule has 1 fully saturated rings. The zero-order valence-electron chi connectivity index (χ0n) is 12.5. The van der Waals surface area contributed by atoms with Gasteiger partial charge in [0.25, 0.3) is 0 Å². The first-order valence-corrected chi connectivity index (χ1v) is 7.42. The molecule has 1 saturated heterocycles. The molecule has 2 aromatic rings. The topological polar surface area (TPSA) is 23.5 Å². The van der Waals surface area contributed by atoms with Gasteiger partial charge in [0.15, 0.2) is 0 Å². The molecule has 0 bridgehead atoms. The van der Waals surface area contributed by atoms with E-state index >= 15 is 0 Å². The van der Waals surface area contributed by atoms with Gasteiger partial charge >= 0.3 is 0 Å². The zero-order chi connectivity index (χ0) is 15.7. The summed E-state index contributed by atoms with van der Waals surface area (Å²) in [6.45, 7) is 1.20. The van der Waals surface area contributed by atoms with Crippen LogP contribution in [0.5, 0.6) is 0 Å². The largest absolute Gasteiger partial charge is 0.384 e. The Bertz CT molecular complexity index is 676. The fourth-order valence-electron chi connectivity index (χ4n) is 3.31. The number of piperidine rings is 1. The highest BCUT2D eigenvalue weighted by Gasteiger charge is 2.44. The highest BCUT2D eigenvalue weighted by atomic mass is 19.1. The molecule has 2 aromatic carbocycles. The summed E-state index contributed by atoms with van der Waals surface area (Å²) in [5.41, 5.74) is -0.286. The Labute approximate surface area is 129 Å². The number of hydrogen-bond donors (Lipinski definition) is 1. The van der Waals surface area contributed by atoms with E-state index in [0.29, 0.717) is 30.6 Å². The maximum absolute atomic E-state index is 14.2. The van der Waals surface area contributed by atoms with Crippen LogP contribution in [0.2, 0.25) is 0 Å². The van der Waals surface area contributed by atoms with Crippen LogP contribution in [0.3, 0.4) is 0 Å². The van der Waals surface area contributed by atoms with Crippen molar-refractivity contribution in [2.75, 3.05) is 20.1 Å². The summed E-state index contributed by atoms with van der Waals surface area (Å²) in [6.07, 6.45) is 0.436. The van der Waals surface area contributed by atoms with E-state index in [1.807, 2.05) is 7.05 Å². The number of hydrogen-bond acceptors (Lipinski definition) is 2. The molecule has 0 saturated carbocycles. The second kappa shape index (κ2) is 5.78. The second-order valence-corrected chi connectivity index (χ2v) is 6.02. The molecule has 2 atom stereocenters. The van der Waals surface area contributed by atoms with E-state index in [0.717, 1.165) is 0 Å². The van der Waals surface area contributed by atoms with Crippen molar-refractivity contribution >= 4 is 0 Å². The van der Waals surface area contributed by atoms with Gasteiger partial charge in [-0.05, 0) is 42.8 Å². The Kier molecular flexibility index (Phi) is 3.98. The molecular formula is C18H19F2NO. The SMILES string of the molecule is CN1CC[C@](O)(c2cccc(F)c2)[C@@H](c2ccccc2F)C1. The van der Waals surface area contributed by atoms with Gasteiger partial charge in [-0.15, -0.1) is 0 Å². The molecule has 1 N–H and O–H groups in total. The third-order valence-electron chi connectivity index (χ3n) is 4.55. The maximum Gasteiger partial charge on any atom is 0.126 e. The lowest BCUT2D eigenvalue weighted by atomic mass is 9.72. The quantitative estimate of drug-likeness (QED) is 0.920. The fourth-order valence-corrected chi connectivity index (χ4v) is 3.31. The van der Waals surface area contributed by atoms with E-state index in [9.17, 15) is 13.9 Å². The molecule has 0 aromatic heterocycles. The van der Waals surface area contributed by atoms with E-state index in [1.165, 1.54) is 18.2 Å². The number of likely N-dealkylation sites (tertiary alicyclic amines) is 1. The number of likely N-dealkylation sites (N-methyl/N-ethyl adjacent to an activating group) is 1. The van der Waals surface area contributed by atoms with Gasteiger partial charge in [-0.2, -0.15) is 0 Å². The Morgan fingerprint density at radius 1 is 1.14 bits per heavy atom. The van der Waals surface area contributed by atoms with Crippen molar-refractivity contribution in [2.24, 2.45) is 0 Å². The van der Waals surface area contributed by atoms with Crippen LogP contribution < -0.4 is 0 Å². The van der Waals surface area contributed by atoms with Crippen LogP contribution in [0.1, 0.15) is 23.5 Å². The first-order chi connectivity index (χ1) is 10.5. The van der Waals surface area contributed by atoms with Crippen molar-refractivity contribution in [1.82, 2.24) is 4.90 Å². The molecule has 116 valence electrons. The number of aliphatic hydroxyl groups is 1. The minimum Gasteiger partial charge on any atom is -0.384 e. The maximum atomic E-state index is 14.2. The molecule has 0 amide bonds. The van der Waals surface area contributed by atoms with E-state index in [4.69, 9.17) is 0 Å². The summed E-state index contributed by atoms with van der Waals surface area (Å²) < 4.78 is 27.8. The molecule has 3 rings (SSSR count). The van der Waals surface area contributed by atoms with E-state index in [2.05, 4.69) is 4.90 Å². The Balaban J connectivity index is 2.09. The third-order valence-corrected chi connectivity index (χ3v) is 4.55. The van der Waals surface area contributed by atoms with Crippen molar-refractivity contribution in [3.8, 4) is 0 Å². The molecule has 0 radical (unpaired) electrons. The first-order valence-electron chi connectivity index (χ1n) is 7.42. The van der Waals surface area contributed by atoms with Crippen molar-refractivity contribution < 1.29 is 13.9 Å². The molecule has 0 spiro atoms. The Morgan fingerprint density at radius 3 is 2.64 bits per heavy atom. The molecule has 0 aliphatic carbocycles. The lowest BCUT2D eigenvalue weighted by Crippen LogP contribution is -2.47. The summed E-state index contributed by atoms with van der Waals surface area (Å²) in [5.74, 6) is -1.16. The standard InChI is InChI=1S/C18H19F2NO/c1-21-10-9-18(22,13-5-4-6-14(19)11-13)16(12-21)15-7-2-3-8-17(15)20/h2-8,11,16,22H,9-10,12H2,1H3/t16-,18+/m1/s1. The molecule has 4 heteroatoms. The van der Waals surface area contributed by atoms with Gasteiger partial charge in [-0.3, -0.25) is 0 Å². The summed E-state index contributed by atoms with van der Waals surface area (Å²) in [5, 5.41) is 11.3. The fraction of sp³-hybridized carbons (Fsp3) is 0.333. The van der Waals surface area contributed by atoms with Crippen LogP contribution >= 0.6 is 0 Å². The highest BCUT2D eigenvalue weighted by molar-refractivity contribution is 5.33. The summed E-state index contributed by atoms with van der Waals surface area (Å²) >= 11 is 0. The number of benzene rings is 2. The molecule has 1 heterocycles. The van der Waals surface area contributed by atoms with Crippen molar-refractivity contribution in [2.45, 2.75) is 17.9 Å². The molecule has 1 aliphatic heterocycles. The molecule has 22 heavy (non-hydrogen) atoms. The van der Waals surface area contributed by atoms with Gasteiger partial charge < -0.3 is 10.0 Å². The predicted octanol–water partition coefficient (Wildman–Crippen LogP) is 3.27. The van der Waals surface area contributed by atoms with Gasteiger partial charge in [0, 0.05) is 19.0 Å². The molecule has 1 aliphatic rings. The predicted molar refractivity (Wildman–Crippen MR) is 81.6 cm³/mol. The Hall–Kier alpha value is -1.78. The Morgan fingerprint density at radius 2 is 1.91 bits per heavy atom. The van der Waals surface area contributed by atoms with Crippen LogP contribution in [0, 0.1) is 11.6 Å². The lowest BCUT2D eigenvalue weighted by Gasteiger charge is -2.44. The minimum atomic E-state index is -1.27. The smallest absolute Gasteiger partial charge is 0.126 e. The summed E-state index contributed by atoms with van der Waals surface area (Å²) in [6, 6.07) is 12.5. The lowest BCUT2D eigenvalue weighted by molar-refractivity contribution is -0.0430. The van der Waals surface area contributed by atoms with Gasteiger partial charge in [0.1, 0.15) is 11.6 Å². The number of halogens is 2.